The molecule has 0 aliphatic heterocycles. The Hall–Kier alpha value is -1.98. The Labute approximate surface area is 133 Å². The van der Waals surface area contributed by atoms with E-state index in [1.54, 1.807) is 21.8 Å². The number of aryl methyl sites for hydroxylation is 1. The highest BCUT2D eigenvalue weighted by molar-refractivity contribution is 7.09. The SMILES string of the molecule is CCN(Cc1cc(=O)n2cc(C)ccc2n1)Cc1cccs1. The summed E-state index contributed by atoms with van der Waals surface area (Å²) < 4.78 is 1.61. The normalized spacial score (nSPS) is 11.4. The highest BCUT2D eigenvalue weighted by Crippen LogP contribution is 2.13. The van der Waals surface area contributed by atoms with Gasteiger partial charge in [0.2, 0.25) is 0 Å². The van der Waals surface area contributed by atoms with Crippen LogP contribution in [-0.2, 0) is 13.1 Å². The second-order valence-electron chi connectivity index (χ2n) is 5.40. The third-order valence-corrected chi connectivity index (χ3v) is 4.51. The summed E-state index contributed by atoms with van der Waals surface area (Å²) in [5, 5.41) is 2.09. The highest BCUT2D eigenvalue weighted by atomic mass is 32.1. The van der Waals surface area contributed by atoms with Crippen molar-refractivity contribution in [1.82, 2.24) is 14.3 Å². The van der Waals surface area contributed by atoms with Gasteiger partial charge in [-0.05, 0) is 36.5 Å². The van der Waals surface area contributed by atoms with Gasteiger partial charge < -0.3 is 0 Å². The Bertz CT molecular complexity index is 824. The molecule has 22 heavy (non-hydrogen) atoms. The fraction of sp³-hybridized carbons (Fsp3) is 0.294. The van der Waals surface area contributed by atoms with Crippen LogP contribution in [0.2, 0.25) is 0 Å². The van der Waals surface area contributed by atoms with Crippen molar-refractivity contribution in [2.75, 3.05) is 6.54 Å². The third kappa shape index (κ3) is 3.26. The van der Waals surface area contributed by atoms with Gasteiger partial charge >= 0.3 is 0 Å². The molecule has 3 heterocycles. The van der Waals surface area contributed by atoms with Gasteiger partial charge in [-0.2, -0.15) is 0 Å². The fourth-order valence-electron chi connectivity index (χ4n) is 2.47. The van der Waals surface area contributed by atoms with E-state index < -0.39 is 0 Å². The number of fused-ring (bicyclic) bond motifs is 1. The van der Waals surface area contributed by atoms with Crippen LogP contribution >= 0.6 is 11.3 Å². The maximum Gasteiger partial charge on any atom is 0.258 e. The molecular formula is C17H19N3OS. The largest absolute Gasteiger partial charge is 0.293 e. The van der Waals surface area contributed by atoms with Crippen molar-refractivity contribution in [3.05, 3.63) is 68.4 Å². The van der Waals surface area contributed by atoms with Crippen LogP contribution in [0.3, 0.4) is 0 Å². The second-order valence-corrected chi connectivity index (χ2v) is 6.44. The smallest absolute Gasteiger partial charge is 0.258 e. The number of nitrogens with zero attached hydrogens (tertiary/aromatic N) is 3. The Morgan fingerprint density at radius 2 is 2.14 bits per heavy atom. The van der Waals surface area contributed by atoms with E-state index in [2.05, 4.69) is 34.3 Å². The van der Waals surface area contributed by atoms with Crippen molar-refractivity contribution < 1.29 is 0 Å². The van der Waals surface area contributed by atoms with E-state index in [1.807, 2.05) is 25.3 Å². The van der Waals surface area contributed by atoms with E-state index in [0.717, 1.165) is 24.3 Å². The molecule has 3 aromatic heterocycles. The zero-order valence-electron chi connectivity index (χ0n) is 12.8. The predicted molar refractivity (Wildman–Crippen MR) is 90.3 cm³/mol. The molecule has 0 N–H and O–H groups in total. The molecule has 0 atom stereocenters. The number of rotatable bonds is 5. The molecule has 0 aromatic carbocycles. The summed E-state index contributed by atoms with van der Waals surface area (Å²) in [5.41, 5.74) is 2.57. The topological polar surface area (TPSA) is 37.6 Å². The molecule has 0 fully saturated rings. The van der Waals surface area contributed by atoms with E-state index in [-0.39, 0.29) is 5.56 Å². The van der Waals surface area contributed by atoms with Gasteiger partial charge in [0, 0.05) is 30.2 Å². The van der Waals surface area contributed by atoms with E-state index in [1.165, 1.54) is 4.88 Å². The number of hydrogen-bond donors (Lipinski definition) is 0. The Morgan fingerprint density at radius 3 is 2.86 bits per heavy atom. The van der Waals surface area contributed by atoms with Crippen LogP contribution in [0.15, 0.2) is 46.7 Å². The minimum atomic E-state index is -0.0177. The first-order chi connectivity index (χ1) is 10.7. The highest BCUT2D eigenvalue weighted by Gasteiger charge is 2.09. The van der Waals surface area contributed by atoms with Crippen LogP contribution in [-0.4, -0.2) is 20.8 Å². The van der Waals surface area contributed by atoms with E-state index >= 15 is 0 Å². The van der Waals surface area contributed by atoms with Crippen LogP contribution < -0.4 is 5.56 Å². The molecule has 0 spiro atoms. The molecule has 0 saturated carbocycles. The van der Waals surface area contributed by atoms with Crippen molar-refractivity contribution in [3.63, 3.8) is 0 Å². The maximum atomic E-state index is 12.2. The van der Waals surface area contributed by atoms with Gasteiger partial charge in [0.1, 0.15) is 5.65 Å². The van der Waals surface area contributed by atoms with Crippen LogP contribution in [0.4, 0.5) is 0 Å². The number of hydrogen-bond acceptors (Lipinski definition) is 4. The first-order valence-electron chi connectivity index (χ1n) is 7.39. The van der Waals surface area contributed by atoms with Crippen molar-refractivity contribution in [2.24, 2.45) is 0 Å². The number of aromatic nitrogens is 2. The molecule has 0 saturated heterocycles. The molecule has 3 aromatic rings. The molecule has 5 heteroatoms. The standard InChI is InChI=1S/C17H19N3OS/c1-3-19(12-15-5-4-8-22-15)11-14-9-17(21)20-10-13(2)6-7-16(20)18-14/h4-10H,3,11-12H2,1-2H3. The molecule has 3 rings (SSSR count). The lowest BCUT2D eigenvalue weighted by Crippen LogP contribution is -2.24. The van der Waals surface area contributed by atoms with Crippen LogP contribution in [0.25, 0.3) is 5.65 Å². The lowest BCUT2D eigenvalue weighted by atomic mass is 10.3. The van der Waals surface area contributed by atoms with Gasteiger partial charge in [-0.15, -0.1) is 11.3 Å². The van der Waals surface area contributed by atoms with Crippen molar-refractivity contribution >= 4 is 17.0 Å². The molecule has 0 radical (unpaired) electrons. The summed E-state index contributed by atoms with van der Waals surface area (Å²) in [6.07, 6.45) is 1.83. The fourth-order valence-corrected chi connectivity index (χ4v) is 3.22. The zero-order valence-corrected chi connectivity index (χ0v) is 13.6. The van der Waals surface area contributed by atoms with E-state index in [4.69, 9.17) is 0 Å². The lowest BCUT2D eigenvalue weighted by molar-refractivity contribution is 0.270. The first-order valence-corrected chi connectivity index (χ1v) is 8.27. The summed E-state index contributed by atoms with van der Waals surface area (Å²) in [7, 11) is 0. The van der Waals surface area contributed by atoms with Crippen molar-refractivity contribution in [3.8, 4) is 0 Å². The predicted octanol–water partition coefficient (Wildman–Crippen LogP) is 3.09. The monoisotopic (exact) mass is 313 g/mol. The van der Waals surface area contributed by atoms with Crippen molar-refractivity contribution in [1.29, 1.82) is 0 Å². The number of thiophene rings is 1. The molecule has 0 unspecified atom stereocenters. The van der Waals surface area contributed by atoms with Gasteiger partial charge in [-0.1, -0.05) is 19.1 Å². The van der Waals surface area contributed by atoms with Crippen LogP contribution in [0.1, 0.15) is 23.1 Å². The quantitative estimate of drug-likeness (QED) is 0.726. The average Bonchev–Trinajstić information content (AvgIpc) is 3.00. The summed E-state index contributed by atoms with van der Waals surface area (Å²) in [4.78, 5) is 20.5. The van der Waals surface area contributed by atoms with Gasteiger partial charge in [-0.3, -0.25) is 14.1 Å². The first kappa shape index (κ1) is 14.9. The average molecular weight is 313 g/mol. The second kappa shape index (κ2) is 6.42. The van der Waals surface area contributed by atoms with Gasteiger partial charge in [0.05, 0.1) is 5.69 Å². The van der Waals surface area contributed by atoms with Gasteiger partial charge in [0.15, 0.2) is 0 Å². The summed E-state index contributed by atoms with van der Waals surface area (Å²) in [6.45, 7) is 6.61. The van der Waals surface area contributed by atoms with E-state index in [9.17, 15) is 4.79 Å². The maximum absolute atomic E-state index is 12.2. The number of pyridine rings is 1. The van der Waals surface area contributed by atoms with Crippen LogP contribution in [0, 0.1) is 6.92 Å². The van der Waals surface area contributed by atoms with Crippen LogP contribution in [0.5, 0.6) is 0 Å². The van der Waals surface area contributed by atoms with Gasteiger partial charge in [0.25, 0.3) is 5.56 Å². The Morgan fingerprint density at radius 1 is 1.27 bits per heavy atom. The van der Waals surface area contributed by atoms with Crippen molar-refractivity contribution in [2.45, 2.75) is 26.9 Å². The lowest BCUT2D eigenvalue weighted by Gasteiger charge is -2.19. The minimum Gasteiger partial charge on any atom is -0.293 e. The Balaban J connectivity index is 1.86. The zero-order chi connectivity index (χ0) is 15.5. The molecule has 0 amide bonds. The molecule has 0 bridgehead atoms. The summed E-state index contributed by atoms with van der Waals surface area (Å²) in [5.74, 6) is 0. The molecule has 114 valence electrons. The molecule has 4 nitrogen and oxygen atoms in total. The molecule has 0 aliphatic rings. The summed E-state index contributed by atoms with van der Waals surface area (Å²) in [6, 6.07) is 9.73. The molecular weight excluding hydrogens is 294 g/mol. The summed E-state index contributed by atoms with van der Waals surface area (Å²) >= 11 is 1.76. The third-order valence-electron chi connectivity index (χ3n) is 3.65. The Kier molecular flexibility index (Phi) is 4.36. The van der Waals surface area contributed by atoms with E-state index in [0.29, 0.717) is 12.2 Å². The van der Waals surface area contributed by atoms with Gasteiger partial charge in [-0.25, -0.2) is 4.98 Å². The minimum absolute atomic E-state index is 0.0177. The molecule has 0 aliphatic carbocycles.